The summed E-state index contributed by atoms with van der Waals surface area (Å²) >= 11 is 0. The van der Waals surface area contributed by atoms with Gasteiger partial charge in [0.1, 0.15) is 11.5 Å². The van der Waals surface area contributed by atoms with E-state index in [4.69, 9.17) is 9.15 Å². The van der Waals surface area contributed by atoms with Gasteiger partial charge in [0.2, 0.25) is 0 Å². The second-order valence-electron chi connectivity index (χ2n) is 4.52. The third-order valence-corrected chi connectivity index (χ3v) is 2.66. The topological polar surface area (TPSA) is 52.3 Å². The van der Waals surface area contributed by atoms with Crippen molar-refractivity contribution in [1.82, 2.24) is 4.98 Å². The molecule has 0 saturated heterocycles. The van der Waals surface area contributed by atoms with Gasteiger partial charge in [-0.2, -0.15) is 0 Å². The molecule has 4 nitrogen and oxygen atoms in total. The van der Waals surface area contributed by atoms with E-state index in [1.54, 1.807) is 24.5 Å². The number of nitrogens with zero attached hydrogens (tertiary/aromatic N) is 1. The molecule has 2 heterocycles. The lowest BCUT2D eigenvalue weighted by Crippen LogP contribution is -2.08. The van der Waals surface area contributed by atoms with Gasteiger partial charge in [0.25, 0.3) is 0 Å². The average molecular weight is 259 g/mol. The number of aryl methyl sites for hydroxylation is 1. The third kappa shape index (κ3) is 3.02. The Balaban J connectivity index is 2.29. The predicted octanol–water partition coefficient (Wildman–Crippen LogP) is 3.26. The second-order valence-corrected chi connectivity index (χ2v) is 4.52. The van der Waals surface area contributed by atoms with Crippen molar-refractivity contribution < 1.29 is 13.9 Å². The first-order valence-electron chi connectivity index (χ1n) is 6.34. The maximum absolute atomic E-state index is 12.4. The lowest BCUT2D eigenvalue weighted by atomic mass is 10.0. The third-order valence-electron chi connectivity index (χ3n) is 2.66. The van der Waals surface area contributed by atoms with Crippen LogP contribution in [0.15, 0.2) is 35.2 Å². The van der Waals surface area contributed by atoms with Crippen molar-refractivity contribution in [3.05, 3.63) is 47.7 Å². The fourth-order valence-corrected chi connectivity index (χ4v) is 1.85. The molecule has 0 atom stereocenters. The van der Waals surface area contributed by atoms with Crippen LogP contribution < -0.4 is 4.74 Å². The standard InChI is InChI=1S/C15H17NO3/c1-4-14-13(5-6-18-14)15(17)11-7-12(9-16-8-11)19-10(2)3/h5-10H,4H2,1-3H3. The summed E-state index contributed by atoms with van der Waals surface area (Å²) in [6.45, 7) is 5.81. The predicted molar refractivity (Wildman–Crippen MR) is 71.5 cm³/mol. The fraction of sp³-hybridized carbons (Fsp3) is 0.333. The number of pyridine rings is 1. The summed E-state index contributed by atoms with van der Waals surface area (Å²) < 4.78 is 10.8. The monoisotopic (exact) mass is 259 g/mol. The molecule has 19 heavy (non-hydrogen) atoms. The first-order valence-corrected chi connectivity index (χ1v) is 6.34. The molecule has 2 rings (SSSR count). The largest absolute Gasteiger partial charge is 0.489 e. The molecule has 0 unspecified atom stereocenters. The molecule has 0 saturated carbocycles. The number of aromatic nitrogens is 1. The van der Waals surface area contributed by atoms with Crippen molar-refractivity contribution in [3.8, 4) is 5.75 Å². The Kier molecular flexibility index (Phi) is 4.00. The van der Waals surface area contributed by atoms with Gasteiger partial charge in [0.15, 0.2) is 5.78 Å². The molecule has 0 aromatic carbocycles. The molecule has 0 fully saturated rings. The number of hydrogen-bond acceptors (Lipinski definition) is 4. The second kappa shape index (κ2) is 5.69. The highest BCUT2D eigenvalue weighted by molar-refractivity contribution is 6.09. The summed E-state index contributed by atoms with van der Waals surface area (Å²) in [6.07, 6.45) is 5.42. The molecule has 0 aliphatic carbocycles. The quantitative estimate of drug-likeness (QED) is 0.773. The molecule has 2 aromatic heterocycles. The molecular formula is C15H17NO3. The van der Waals surface area contributed by atoms with Gasteiger partial charge in [-0.15, -0.1) is 0 Å². The van der Waals surface area contributed by atoms with Gasteiger partial charge in [0, 0.05) is 18.2 Å². The van der Waals surface area contributed by atoms with Crippen LogP contribution in [0.1, 0.15) is 42.5 Å². The van der Waals surface area contributed by atoms with E-state index in [0.29, 0.717) is 29.1 Å². The van der Waals surface area contributed by atoms with Crippen LogP contribution in [0.5, 0.6) is 5.75 Å². The van der Waals surface area contributed by atoms with E-state index in [-0.39, 0.29) is 11.9 Å². The Morgan fingerprint density at radius 2 is 2.21 bits per heavy atom. The molecule has 0 aliphatic heterocycles. The highest BCUT2D eigenvalue weighted by Crippen LogP contribution is 2.19. The van der Waals surface area contributed by atoms with Gasteiger partial charge in [-0.25, -0.2) is 0 Å². The van der Waals surface area contributed by atoms with Crippen LogP contribution in [-0.2, 0) is 6.42 Å². The fourth-order valence-electron chi connectivity index (χ4n) is 1.85. The summed E-state index contributed by atoms with van der Waals surface area (Å²) in [6, 6.07) is 3.40. The highest BCUT2D eigenvalue weighted by Gasteiger charge is 2.16. The average Bonchev–Trinajstić information content (AvgIpc) is 2.85. The zero-order chi connectivity index (χ0) is 13.8. The van der Waals surface area contributed by atoms with Crippen molar-refractivity contribution in [1.29, 1.82) is 0 Å². The zero-order valence-electron chi connectivity index (χ0n) is 11.3. The Hall–Kier alpha value is -2.10. The minimum atomic E-state index is -0.0905. The number of rotatable bonds is 5. The van der Waals surface area contributed by atoms with Crippen LogP contribution in [-0.4, -0.2) is 16.9 Å². The normalized spacial score (nSPS) is 10.7. The van der Waals surface area contributed by atoms with Crippen molar-refractivity contribution >= 4 is 5.78 Å². The number of furan rings is 1. The number of carbonyl (C=O) groups excluding carboxylic acids is 1. The molecule has 4 heteroatoms. The van der Waals surface area contributed by atoms with Crippen molar-refractivity contribution in [3.63, 3.8) is 0 Å². The minimum Gasteiger partial charge on any atom is -0.489 e. The van der Waals surface area contributed by atoms with Gasteiger partial charge in [-0.05, 0) is 26.0 Å². The minimum absolute atomic E-state index is 0.0484. The van der Waals surface area contributed by atoms with Crippen LogP contribution >= 0.6 is 0 Å². The number of ketones is 1. The summed E-state index contributed by atoms with van der Waals surface area (Å²) in [4.78, 5) is 16.4. The van der Waals surface area contributed by atoms with Crippen molar-refractivity contribution in [2.45, 2.75) is 33.3 Å². The molecule has 2 aromatic rings. The van der Waals surface area contributed by atoms with Crippen LogP contribution in [0.4, 0.5) is 0 Å². The molecule has 0 bridgehead atoms. The molecule has 0 aliphatic rings. The van der Waals surface area contributed by atoms with E-state index < -0.39 is 0 Å². The Labute approximate surface area is 112 Å². The van der Waals surface area contributed by atoms with E-state index in [9.17, 15) is 4.79 Å². The summed E-state index contributed by atoms with van der Waals surface area (Å²) in [5, 5.41) is 0. The van der Waals surface area contributed by atoms with Crippen LogP contribution in [0, 0.1) is 0 Å². The molecule has 100 valence electrons. The number of ether oxygens (including phenoxy) is 1. The van der Waals surface area contributed by atoms with Crippen molar-refractivity contribution in [2.24, 2.45) is 0 Å². The number of hydrogen-bond donors (Lipinski definition) is 0. The summed E-state index contributed by atoms with van der Waals surface area (Å²) in [5.41, 5.74) is 1.10. The SMILES string of the molecule is CCc1occc1C(=O)c1cncc(OC(C)C)c1. The summed E-state index contributed by atoms with van der Waals surface area (Å²) in [7, 11) is 0. The Morgan fingerprint density at radius 3 is 2.89 bits per heavy atom. The van der Waals surface area contributed by atoms with Crippen LogP contribution in [0.25, 0.3) is 0 Å². The number of carbonyl (C=O) groups is 1. The van der Waals surface area contributed by atoms with E-state index in [1.165, 1.54) is 6.26 Å². The first kappa shape index (κ1) is 13.3. The molecule has 0 N–H and O–H groups in total. The lowest BCUT2D eigenvalue weighted by molar-refractivity contribution is 0.103. The molecule has 0 amide bonds. The van der Waals surface area contributed by atoms with Gasteiger partial charge >= 0.3 is 0 Å². The van der Waals surface area contributed by atoms with Gasteiger partial charge in [0.05, 0.1) is 24.1 Å². The molecule has 0 spiro atoms. The first-order chi connectivity index (χ1) is 9.11. The van der Waals surface area contributed by atoms with Gasteiger partial charge in [-0.1, -0.05) is 6.92 Å². The van der Waals surface area contributed by atoms with Crippen LogP contribution in [0.2, 0.25) is 0 Å². The zero-order valence-corrected chi connectivity index (χ0v) is 11.3. The molecular weight excluding hydrogens is 242 g/mol. The Bertz CT molecular complexity index is 572. The maximum atomic E-state index is 12.4. The summed E-state index contributed by atoms with van der Waals surface area (Å²) in [5.74, 6) is 1.20. The highest BCUT2D eigenvalue weighted by atomic mass is 16.5. The Morgan fingerprint density at radius 1 is 1.42 bits per heavy atom. The van der Waals surface area contributed by atoms with Gasteiger partial charge < -0.3 is 9.15 Å². The van der Waals surface area contributed by atoms with Crippen LogP contribution in [0.3, 0.4) is 0 Å². The van der Waals surface area contributed by atoms with E-state index >= 15 is 0 Å². The van der Waals surface area contributed by atoms with E-state index in [1.807, 2.05) is 20.8 Å². The smallest absolute Gasteiger partial charge is 0.198 e. The lowest BCUT2D eigenvalue weighted by Gasteiger charge is -2.09. The molecule has 0 radical (unpaired) electrons. The van der Waals surface area contributed by atoms with E-state index in [0.717, 1.165) is 0 Å². The maximum Gasteiger partial charge on any atom is 0.198 e. The van der Waals surface area contributed by atoms with E-state index in [2.05, 4.69) is 4.98 Å². The van der Waals surface area contributed by atoms with Gasteiger partial charge in [-0.3, -0.25) is 9.78 Å². The van der Waals surface area contributed by atoms with Crippen molar-refractivity contribution in [2.75, 3.05) is 0 Å².